The van der Waals surface area contributed by atoms with Crippen LogP contribution in [0, 0.1) is 6.92 Å². The number of rotatable bonds is 4. The number of nitrogens with one attached hydrogen (secondary N) is 2. The Morgan fingerprint density at radius 2 is 2.29 bits per heavy atom. The van der Waals surface area contributed by atoms with E-state index in [1.54, 1.807) is 0 Å². The molecule has 0 amide bonds. The summed E-state index contributed by atoms with van der Waals surface area (Å²) < 4.78 is 1.83. The Bertz CT molecular complexity index is 643. The molecule has 2 aromatic heterocycles. The molecule has 0 aromatic carbocycles. The van der Waals surface area contributed by atoms with E-state index in [9.17, 15) is 5.11 Å². The van der Waals surface area contributed by atoms with Crippen molar-refractivity contribution in [2.24, 2.45) is 0 Å². The highest BCUT2D eigenvalue weighted by Crippen LogP contribution is 2.25. The lowest BCUT2D eigenvalue weighted by molar-refractivity contribution is 0.233. The molecule has 21 heavy (non-hydrogen) atoms. The second kappa shape index (κ2) is 5.27. The highest BCUT2D eigenvalue weighted by atomic mass is 16.3. The summed E-state index contributed by atoms with van der Waals surface area (Å²) in [4.78, 5) is 4.55. The fourth-order valence-electron chi connectivity index (χ4n) is 2.70. The van der Waals surface area contributed by atoms with Crippen LogP contribution in [-0.4, -0.2) is 38.4 Å². The molecule has 1 aliphatic heterocycles. The summed E-state index contributed by atoms with van der Waals surface area (Å²) in [5.41, 5.74) is 2.41. The fourth-order valence-corrected chi connectivity index (χ4v) is 2.70. The Labute approximate surface area is 124 Å². The van der Waals surface area contributed by atoms with Gasteiger partial charge in [-0.05, 0) is 40.2 Å². The molecule has 114 valence electrons. The first-order valence-electron chi connectivity index (χ1n) is 7.48. The van der Waals surface area contributed by atoms with Crippen LogP contribution in [-0.2, 0) is 0 Å². The van der Waals surface area contributed by atoms with Gasteiger partial charge < -0.3 is 15.7 Å². The minimum atomic E-state index is -0.404. The quantitative estimate of drug-likeness (QED) is 0.798. The van der Waals surface area contributed by atoms with Gasteiger partial charge in [0.25, 0.3) is 0 Å². The minimum Gasteiger partial charge on any atom is -0.394 e. The first-order valence-corrected chi connectivity index (χ1v) is 7.48. The van der Waals surface area contributed by atoms with Crippen LogP contribution in [0.5, 0.6) is 0 Å². The number of nitrogens with zero attached hydrogens (tertiary/aromatic N) is 3. The second-order valence-corrected chi connectivity index (χ2v) is 6.44. The third kappa shape index (κ3) is 2.87. The average Bonchev–Trinajstić information content (AvgIpc) is 3.06. The van der Waals surface area contributed by atoms with Crippen LogP contribution < -0.4 is 10.6 Å². The van der Waals surface area contributed by atoms with Crippen molar-refractivity contribution < 1.29 is 5.11 Å². The highest BCUT2D eigenvalue weighted by Gasteiger charge is 2.22. The predicted octanol–water partition coefficient (Wildman–Crippen LogP) is 1.65. The minimum absolute atomic E-state index is 0.0498. The monoisotopic (exact) mass is 289 g/mol. The molecule has 6 heteroatoms. The Hall–Kier alpha value is -1.66. The van der Waals surface area contributed by atoms with Crippen LogP contribution in [0.15, 0.2) is 12.1 Å². The van der Waals surface area contributed by atoms with Crippen LogP contribution >= 0.6 is 0 Å². The van der Waals surface area contributed by atoms with Crippen LogP contribution in [0.3, 0.4) is 0 Å². The zero-order chi connectivity index (χ0) is 15.0. The lowest BCUT2D eigenvalue weighted by Gasteiger charge is -2.25. The third-order valence-corrected chi connectivity index (χ3v) is 3.85. The number of hydrogen-bond acceptors (Lipinski definition) is 5. The summed E-state index contributed by atoms with van der Waals surface area (Å²) in [6.07, 6.45) is 2.31. The third-order valence-electron chi connectivity index (χ3n) is 3.85. The molecule has 2 aromatic rings. The SMILES string of the molecule is Cc1cc(NC(C)(C)CO)n2nc(C3CCCN3)cc2n1. The van der Waals surface area contributed by atoms with E-state index in [-0.39, 0.29) is 6.61 Å². The van der Waals surface area contributed by atoms with Crippen LogP contribution in [0.2, 0.25) is 0 Å². The van der Waals surface area contributed by atoms with Gasteiger partial charge >= 0.3 is 0 Å². The van der Waals surface area contributed by atoms with Crippen molar-refractivity contribution in [3.05, 3.63) is 23.5 Å². The van der Waals surface area contributed by atoms with Gasteiger partial charge in [0.1, 0.15) is 5.82 Å². The van der Waals surface area contributed by atoms with Gasteiger partial charge in [-0.1, -0.05) is 0 Å². The number of aromatic nitrogens is 3. The zero-order valence-corrected chi connectivity index (χ0v) is 12.8. The molecule has 1 fully saturated rings. The van der Waals surface area contributed by atoms with E-state index >= 15 is 0 Å². The van der Waals surface area contributed by atoms with Crippen molar-refractivity contribution in [3.8, 4) is 0 Å². The number of aryl methyl sites for hydroxylation is 1. The number of anilines is 1. The maximum absolute atomic E-state index is 9.46. The van der Waals surface area contributed by atoms with Gasteiger partial charge in [-0.2, -0.15) is 9.61 Å². The molecule has 1 saturated heterocycles. The highest BCUT2D eigenvalue weighted by molar-refractivity contribution is 5.51. The maximum atomic E-state index is 9.46. The molecule has 3 N–H and O–H groups in total. The molecule has 0 radical (unpaired) electrons. The van der Waals surface area contributed by atoms with Gasteiger partial charge in [0.2, 0.25) is 0 Å². The van der Waals surface area contributed by atoms with Gasteiger partial charge in [0.15, 0.2) is 5.65 Å². The van der Waals surface area contributed by atoms with Crippen molar-refractivity contribution in [1.29, 1.82) is 0 Å². The van der Waals surface area contributed by atoms with Gasteiger partial charge in [-0.3, -0.25) is 0 Å². The first-order chi connectivity index (χ1) is 9.98. The van der Waals surface area contributed by atoms with Gasteiger partial charge in [-0.25, -0.2) is 4.98 Å². The molecule has 0 bridgehead atoms. The van der Waals surface area contributed by atoms with Crippen molar-refractivity contribution in [3.63, 3.8) is 0 Å². The maximum Gasteiger partial charge on any atom is 0.157 e. The van der Waals surface area contributed by atoms with Crippen molar-refractivity contribution in [2.45, 2.75) is 45.2 Å². The number of aliphatic hydroxyl groups is 1. The van der Waals surface area contributed by atoms with E-state index in [4.69, 9.17) is 5.10 Å². The number of fused-ring (bicyclic) bond motifs is 1. The molecule has 1 atom stereocenters. The van der Waals surface area contributed by atoms with Crippen LogP contribution in [0.25, 0.3) is 5.65 Å². The molecule has 1 unspecified atom stereocenters. The Morgan fingerprint density at radius 3 is 2.95 bits per heavy atom. The van der Waals surface area contributed by atoms with E-state index in [1.807, 2.05) is 37.4 Å². The van der Waals surface area contributed by atoms with E-state index < -0.39 is 5.54 Å². The molecule has 3 rings (SSSR count). The second-order valence-electron chi connectivity index (χ2n) is 6.44. The largest absolute Gasteiger partial charge is 0.394 e. The molecule has 0 spiro atoms. The number of hydrogen-bond donors (Lipinski definition) is 3. The van der Waals surface area contributed by atoms with E-state index in [0.29, 0.717) is 6.04 Å². The van der Waals surface area contributed by atoms with Gasteiger partial charge in [0.05, 0.1) is 23.9 Å². The molecule has 3 heterocycles. The zero-order valence-electron chi connectivity index (χ0n) is 12.8. The summed E-state index contributed by atoms with van der Waals surface area (Å²) in [7, 11) is 0. The summed E-state index contributed by atoms with van der Waals surface area (Å²) in [6, 6.07) is 4.34. The van der Waals surface area contributed by atoms with Crippen molar-refractivity contribution in [2.75, 3.05) is 18.5 Å². The van der Waals surface area contributed by atoms with Crippen LogP contribution in [0.1, 0.15) is 44.1 Å². The summed E-state index contributed by atoms with van der Waals surface area (Å²) in [5, 5.41) is 21.0. The molecular formula is C15H23N5O. The van der Waals surface area contributed by atoms with E-state index in [1.165, 1.54) is 6.42 Å². The Balaban J connectivity index is 2.02. The Kier molecular flexibility index (Phi) is 3.59. The van der Waals surface area contributed by atoms with E-state index in [2.05, 4.69) is 15.6 Å². The molecular weight excluding hydrogens is 266 g/mol. The average molecular weight is 289 g/mol. The lowest BCUT2D eigenvalue weighted by atomic mass is 10.1. The fraction of sp³-hybridized carbons (Fsp3) is 0.600. The lowest BCUT2D eigenvalue weighted by Crippen LogP contribution is -2.35. The number of aliphatic hydroxyl groups excluding tert-OH is 1. The molecule has 0 aliphatic carbocycles. The molecule has 1 aliphatic rings. The van der Waals surface area contributed by atoms with Crippen LogP contribution in [0.4, 0.5) is 5.82 Å². The normalized spacial score (nSPS) is 19.3. The summed E-state index contributed by atoms with van der Waals surface area (Å²) >= 11 is 0. The molecule has 0 saturated carbocycles. The van der Waals surface area contributed by atoms with Crippen molar-refractivity contribution in [1.82, 2.24) is 19.9 Å². The van der Waals surface area contributed by atoms with E-state index in [0.717, 1.165) is 35.8 Å². The van der Waals surface area contributed by atoms with Gasteiger partial charge in [-0.15, -0.1) is 0 Å². The smallest absolute Gasteiger partial charge is 0.157 e. The molecule has 6 nitrogen and oxygen atoms in total. The predicted molar refractivity (Wildman–Crippen MR) is 82.5 cm³/mol. The van der Waals surface area contributed by atoms with Crippen molar-refractivity contribution >= 4 is 11.5 Å². The first kappa shape index (κ1) is 14.3. The standard InChI is InChI=1S/C15H23N5O/c1-10-7-14(18-15(2,3)9-21)20-13(17-10)8-12(19-20)11-5-4-6-16-11/h7-8,11,16,18,21H,4-6,9H2,1-3H3. The summed E-state index contributed by atoms with van der Waals surface area (Å²) in [5.74, 6) is 0.862. The Morgan fingerprint density at radius 1 is 1.48 bits per heavy atom. The van der Waals surface area contributed by atoms with Gasteiger partial charge in [0, 0.05) is 17.8 Å². The topological polar surface area (TPSA) is 74.5 Å². The summed E-state index contributed by atoms with van der Waals surface area (Å²) in [6.45, 7) is 6.98.